The maximum atomic E-state index is 13.1. The fraction of sp³-hybridized carbons (Fsp3) is 0.0588. The Morgan fingerprint density at radius 1 is 0.625 bits per heavy atom. The highest BCUT2D eigenvalue weighted by atomic mass is 19.1. The summed E-state index contributed by atoms with van der Waals surface area (Å²) in [6.07, 6.45) is 0. The van der Waals surface area contributed by atoms with Crippen LogP contribution in [0.3, 0.4) is 0 Å². The minimum absolute atomic E-state index is 0.194. The lowest BCUT2D eigenvalue weighted by Gasteiger charge is -2.14. The number of anilines is 1. The van der Waals surface area contributed by atoms with Gasteiger partial charge in [-0.05, 0) is 72.1 Å². The molecular weight excluding hydrogens is 508 g/mol. The average molecular weight is 534 g/mol. The molecule has 198 valence electrons. The lowest BCUT2D eigenvalue weighted by Crippen LogP contribution is -2.29. The zero-order valence-corrected chi connectivity index (χ0v) is 21.7. The number of ether oxygens (including phenoxy) is 1. The van der Waals surface area contributed by atoms with E-state index < -0.39 is 17.6 Å². The summed E-state index contributed by atoms with van der Waals surface area (Å²) in [4.78, 5) is 26.6. The lowest BCUT2D eigenvalue weighted by molar-refractivity contribution is 0.0925. The summed E-state index contributed by atoms with van der Waals surface area (Å²) >= 11 is 0. The van der Waals surface area contributed by atoms with Gasteiger partial charge < -0.3 is 4.74 Å². The number of carbonyl (C=O) groups is 2. The minimum atomic E-state index is -0.472. The Balaban J connectivity index is 0.000000194. The molecule has 0 bridgehead atoms. The molecule has 40 heavy (non-hydrogen) atoms. The first kappa shape index (κ1) is 26.5. The quantitative estimate of drug-likeness (QED) is 0.215. The number of halogens is 2. The predicted molar refractivity (Wildman–Crippen MR) is 151 cm³/mol. The molecule has 0 spiro atoms. The van der Waals surface area contributed by atoms with Crippen molar-refractivity contribution in [1.82, 2.24) is 0 Å². The summed E-state index contributed by atoms with van der Waals surface area (Å²) in [6.45, 7) is 2.34. The second-order valence-electron chi connectivity index (χ2n) is 9.25. The zero-order chi connectivity index (χ0) is 28.1. The molecule has 0 radical (unpaired) electrons. The fourth-order valence-electron chi connectivity index (χ4n) is 4.32. The number of hydrogen-bond acceptors (Lipinski definition) is 3. The third-order valence-corrected chi connectivity index (χ3v) is 6.43. The van der Waals surface area contributed by atoms with Crippen molar-refractivity contribution in [3.05, 3.63) is 155 Å². The molecule has 5 aromatic rings. The summed E-state index contributed by atoms with van der Waals surface area (Å²) in [5, 5.41) is 0. The predicted octanol–water partition coefficient (Wildman–Crippen LogP) is 8.01. The van der Waals surface area contributed by atoms with Crippen molar-refractivity contribution in [2.45, 2.75) is 13.5 Å². The number of imide groups is 1. The Labute approximate surface area is 231 Å². The number of nitrogens with zero attached hydrogens (tertiary/aromatic N) is 1. The molecule has 4 nitrogen and oxygen atoms in total. The Kier molecular flexibility index (Phi) is 7.78. The van der Waals surface area contributed by atoms with Crippen molar-refractivity contribution >= 4 is 17.5 Å². The van der Waals surface area contributed by atoms with Crippen molar-refractivity contribution in [1.29, 1.82) is 0 Å². The van der Waals surface area contributed by atoms with Crippen LogP contribution in [0.25, 0.3) is 11.1 Å². The first-order valence-electron chi connectivity index (χ1n) is 12.7. The van der Waals surface area contributed by atoms with Crippen LogP contribution in [0.15, 0.2) is 121 Å². The van der Waals surface area contributed by atoms with Gasteiger partial charge in [0.15, 0.2) is 0 Å². The van der Waals surface area contributed by atoms with E-state index in [1.165, 1.54) is 42.0 Å². The minimum Gasteiger partial charge on any atom is -0.488 e. The van der Waals surface area contributed by atoms with Crippen molar-refractivity contribution in [2.75, 3.05) is 4.90 Å². The Morgan fingerprint density at radius 3 is 1.82 bits per heavy atom. The smallest absolute Gasteiger partial charge is 0.269 e. The molecule has 0 unspecified atom stereocenters. The molecular formula is C34H25F2NO3. The number of benzene rings is 5. The zero-order valence-electron chi connectivity index (χ0n) is 21.7. The topological polar surface area (TPSA) is 46.6 Å². The third-order valence-electron chi connectivity index (χ3n) is 6.43. The number of hydrogen-bond donors (Lipinski definition) is 0. The molecule has 0 fully saturated rings. The standard InChI is InChI=1S/C21H14FNO3.C13H11F/c22-15-9-11-16(12-10-15)23-20(24)17-7-4-8-18(19(17)21(23)25)26-13-14-5-2-1-3-6-14;1-10-2-4-11(5-3-10)12-6-8-13(14)9-7-12/h1-12H,13H2;2-9H,1H3. The van der Waals surface area contributed by atoms with Crippen molar-refractivity contribution < 1.29 is 23.1 Å². The Bertz CT molecular complexity index is 1590. The SMILES string of the molecule is Cc1ccc(-c2ccc(F)cc2)cc1.O=C1c2cccc(OCc3ccccc3)c2C(=O)N1c1ccc(F)cc1. The highest BCUT2D eigenvalue weighted by molar-refractivity contribution is 6.35. The molecule has 0 aromatic heterocycles. The molecule has 6 rings (SSSR count). The van der Waals surface area contributed by atoms with E-state index in [0.717, 1.165) is 21.6 Å². The first-order chi connectivity index (χ1) is 19.4. The summed E-state index contributed by atoms with van der Waals surface area (Å²) < 4.78 is 31.6. The van der Waals surface area contributed by atoms with E-state index in [4.69, 9.17) is 4.74 Å². The molecule has 6 heteroatoms. The molecule has 1 aliphatic rings. The van der Waals surface area contributed by atoms with Crippen LogP contribution in [0.5, 0.6) is 5.75 Å². The molecule has 2 amide bonds. The second-order valence-corrected chi connectivity index (χ2v) is 9.25. The molecule has 1 aliphatic heterocycles. The molecule has 0 aliphatic carbocycles. The van der Waals surface area contributed by atoms with E-state index in [9.17, 15) is 18.4 Å². The van der Waals surface area contributed by atoms with Crippen molar-refractivity contribution in [3.8, 4) is 16.9 Å². The van der Waals surface area contributed by atoms with E-state index in [-0.39, 0.29) is 23.6 Å². The number of aryl methyl sites for hydroxylation is 1. The van der Waals surface area contributed by atoms with Crippen LogP contribution in [0, 0.1) is 18.6 Å². The van der Waals surface area contributed by atoms with Crippen molar-refractivity contribution in [3.63, 3.8) is 0 Å². The van der Waals surface area contributed by atoms with E-state index in [1.807, 2.05) is 42.5 Å². The highest BCUT2D eigenvalue weighted by Crippen LogP contribution is 2.34. The van der Waals surface area contributed by atoms with Gasteiger partial charge in [-0.2, -0.15) is 0 Å². The summed E-state index contributed by atoms with van der Waals surface area (Å²) in [7, 11) is 0. The van der Waals surface area contributed by atoms with Crippen LogP contribution in [-0.2, 0) is 6.61 Å². The van der Waals surface area contributed by atoms with Gasteiger partial charge in [0.1, 0.15) is 24.0 Å². The van der Waals surface area contributed by atoms with Gasteiger partial charge in [0.25, 0.3) is 11.8 Å². The maximum absolute atomic E-state index is 13.1. The van der Waals surface area contributed by atoms with Crippen LogP contribution in [0.2, 0.25) is 0 Å². The van der Waals surface area contributed by atoms with Gasteiger partial charge in [0.2, 0.25) is 0 Å². The second kappa shape index (κ2) is 11.7. The molecule has 1 heterocycles. The normalized spacial score (nSPS) is 12.0. The Morgan fingerprint density at radius 2 is 1.20 bits per heavy atom. The van der Waals surface area contributed by atoms with Crippen LogP contribution in [0.4, 0.5) is 14.5 Å². The molecule has 0 atom stereocenters. The summed E-state index contributed by atoms with van der Waals surface area (Å²) in [6, 6.07) is 34.5. The number of rotatable bonds is 5. The highest BCUT2D eigenvalue weighted by Gasteiger charge is 2.39. The Hall–Kier alpha value is -5.10. The summed E-state index contributed by atoms with van der Waals surface area (Å²) in [5.41, 5.74) is 5.20. The third kappa shape index (κ3) is 5.81. The van der Waals surface area contributed by atoms with Gasteiger partial charge in [-0.25, -0.2) is 13.7 Å². The number of carbonyl (C=O) groups excluding carboxylic acids is 2. The van der Waals surface area contributed by atoms with E-state index >= 15 is 0 Å². The number of fused-ring (bicyclic) bond motifs is 1. The van der Waals surface area contributed by atoms with Crippen LogP contribution in [-0.4, -0.2) is 11.8 Å². The van der Waals surface area contributed by atoms with Crippen LogP contribution >= 0.6 is 0 Å². The summed E-state index contributed by atoms with van der Waals surface area (Å²) in [5.74, 6) is -1.19. The van der Waals surface area contributed by atoms with Gasteiger partial charge in [-0.1, -0.05) is 78.4 Å². The monoisotopic (exact) mass is 533 g/mol. The van der Waals surface area contributed by atoms with Gasteiger partial charge >= 0.3 is 0 Å². The first-order valence-corrected chi connectivity index (χ1v) is 12.7. The van der Waals surface area contributed by atoms with Gasteiger partial charge in [-0.3, -0.25) is 9.59 Å². The maximum Gasteiger partial charge on any atom is 0.269 e. The van der Waals surface area contributed by atoms with Crippen LogP contribution in [0.1, 0.15) is 31.8 Å². The number of amides is 2. The molecule has 0 saturated carbocycles. The van der Waals surface area contributed by atoms with Gasteiger partial charge in [-0.15, -0.1) is 0 Å². The van der Waals surface area contributed by atoms with E-state index in [2.05, 4.69) is 19.1 Å². The van der Waals surface area contributed by atoms with Crippen LogP contribution < -0.4 is 9.64 Å². The van der Waals surface area contributed by atoms with Gasteiger partial charge in [0.05, 0.1) is 16.8 Å². The molecule has 0 saturated heterocycles. The fourth-order valence-corrected chi connectivity index (χ4v) is 4.32. The molecule has 0 N–H and O–H groups in total. The van der Waals surface area contributed by atoms with E-state index in [1.54, 1.807) is 30.3 Å². The largest absolute Gasteiger partial charge is 0.488 e. The van der Waals surface area contributed by atoms with Crippen molar-refractivity contribution in [2.24, 2.45) is 0 Å². The lowest BCUT2D eigenvalue weighted by atomic mass is 10.0. The van der Waals surface area contributed by atoms with Gasteiger partial charge in [0, 0.05) is 0 Å². The van der Waals surface area contributed by atoms with E-state index in [0.29, 0.717) is 11.4 Å². The average Bonchev–Trinajstić information content (AvgIpc) is 3.24. The molecule has 5 aromatic carbocycles.